The summed E-state index contributed by atoms with van der Waals surface area (Å²) in [5, 5.41) is 9.70. The van der Waals surface area contributed by atoms with E-state index in [1.807, 2.05) is 13.8 Å². The van der Waals surface area contributed by atoms with Crippen molar-refractivity contribution in [2.24, 2.45) is 11.8 Å². The molecule has 0 aliphatic carbocycles. The van der Waals surface area contributed by atoms with Gasteiger partial charge in [0.05, 0.1) is 68.1 Å². The molecule has 4 heterocycles. The number of ether oxygens (including phenoxy) is 5. The Hall–Kier alpha value is -0.406. The van der Waals surface area contributed by atoms with E-state index in [-0.39, 0.29) is 77.5 Å². The van der Waals surface area contributed by atoms with E-state index < -0.39 is 22.4 Å². The lowest BCUT2D eigenvalue weighted by atomic mass is 9.80. The summed E-state index contributed by atoms with van der Waals surface area (Å²) in [6.45, 7) is 41.1. The monoisotopic (exact) mass is 738 g/mol. The van der Waals surface area contributed by atoms with Gasteiger partial charge in [0.1, 0.15) is 0 Å². The number of aliphatic hydroxyl groups is 1. The summed E-state index contributed by atoms with van der Waals surface area (Å²) < 4.78 is 47.4. The molecule has 0 amide bonds. The maximum absolute atomic E-state index is 9.62. The fourth-order valence-corrected chi connectivity index (χ4v) is 10.3. The van der Waals surface area contributed by atoms with Gasteiger partial charge in [-0.2, -0.15) is 0 Å². The molecule has 4 saturated heterocycles. The van der Waals surface area contributed by atoms with Crippen LogP contribution in [0.15, 0.2) is 24.3 Å². The molecule has 290 valence electrons. The van der Waals surface area contributed by atoms with Crippen molar-refractivity contribution in [2.75, 3.05) is 13.2 Å². The Bertz CT molecular complexity index is 1170. The topological polar surface area (TPSA) is 84.8 Å². The van der Waals surface area contributed by atoms with E-state index in [0.29, 0.717) is 25.4 Å². The average molecular weight is 739 g/mol. The minimum Gasteiger partial charge on any atom is -0.411 e. The Morgan fingerprint density at radius 2 is 1.32 bits per heavy atom. The van der Waals surface area contributed by atoms with Crippen molar-refractivity contribution in [1.82, 2.24) is 0 Å². The molecule has 0 aromatic heterocycles. The normalized spacial score (nSPS) is 37.5. The van der Waals surface area contributed by atoms with Crippen LogP contribution in [0.2, 0.25) is 36.3 Å². The highest BCUT2D eigenvalue weighted by atomic mass is 28.4. The van der Waals surface area contributed by atoms with Gasteiger partial charge in [-0.15, -0.1) is 0 Å². The van der Waals surface area contributed by atoms with Gasteiger partial charge in [0, 0.05) is 18.8 Å². The van der Waals surface area contributed by atoms with Gasteiger partial charge in [-0.25, -0.2) is 0 Å². The molecule has 0 radical (unpaired) electrons. The first-order valence-electron chi connectivity index (χ1n) is 19.4. The molecular formula is C40H74O8Si2. The predicted octanol–water partition coefficient (Wildman–Crippen LogP) is 8.94. The van der Waals surface area contributed by atoms with Crippen LogP contribution in [-0.4, -0.2) is 95.7 Å². The molecule has 4 aliphatic heterocycles. The zero-order chi connectivity index (χ0) is 37.6. The molecule has 4 aliphatic rings. The molecule has 10 heteroatoms. The SMILES string of the molecule is C=C1C[C@H](CO)O[C@H]1CC[C@H]1C[C@@H](C)C(=C)[C@@H](C[C@@H]2O[C@@H](C[C@@H]3COC(C)(C)O3)[C@@H](O[Si](C)(C)C(C)(C)C)[C@H](C)[C@H]2O[Si](C)(C)C(C)(C)C)O1. The zero-order valence-corrected chi connectivity index (χ0v) is 36.2. The number of rotatable bonds is 12. The Labute approximate surface area is 307 Å². The molecule has 4 rings (SSSR count). The first-order chi connectivity index (χ1) is 22.8. The maximum Gasteiger partial charge on any atom is 0.192 e. The second-order valence-corrected chi connectivity index (χ2v) is 29.0. The number of aliphatic hydroxyl groups excluding tert-OH is 1. The Balaban J connectivity index is 1.62. The highest BCUT2D eigenvalue weighted by molar-refractivity contribution is 6.74. The molecule has 11 atom stereocenters. The van der Waals surface area contributed by atoms with E-state index in [2.05, 4.69) is 94.7 Å². The summed E-state index contributed by atoms with van der Waals surface area (Å²) in [5.74, 6) is -0.191. The zero-order valence-electron chi connectivity index (χ0n) is 34.2. The van der Waals surface area contributed by atoms with Gasteiger partial charge in [0.15, 0.2) is 22.4 Å². The molecule has 8 nitrogen and oxygen atoms in total. The van der Waals surface area contributed by atoms with Gasteiger partial charge in [-0.05, 0) is 92.9 Å². The summed E-state index contributed by atoms with van der Waals surface area (Å²) in [5.41, 5.74) is 2.21. The van der Waals surface area contributed by atoms with Crippen LogP contribution in [0.25, 0.3) is 0 Å². The van der Waals surface area contributed by atoms with Crippen LogP contribution in [0.3, 0.4) is 0 Å². The summed E-state index contributed by atoms with van der Waals surface area (Å²) in [4.78, 5) is 0. The molecule has 0 saturated carbocycles. The maximum atomic E-state index is 9.62. The van der Waals surface area contributed by atoms with E-state index in [1.54, 1.807) is 0 Å². The van der Waals surface area contributed by atoms with Crippen LogP contribution in [0.5, 0.6) is 0 Å². The number of hydrogen-bond acceptors (Lipinski definition) is 8. The largest absolute Gasteiger partial charge is 0.411 e. The van der Waals surface area contributed by atoms with Crippen molar-refractivity contribution in [3.63, 3.8) is 0 Å². The van der Waals surface area contributed by atoms with Crippen molar-refractivity contribution >= 4 is 16.6 Å². The Kier molecular flexibility index (Phi) is 13.3. The van der Waals surface area contributed by atoms with Crippen molar-refractivity contribution < 1.29 is 37.6 Å². The third kappa shape index (κ3) is 10.0. The summed E-state index contributed by atoms with van der Waals surface area (Å²) in [6.07, 6.45) is 3.78. The van der Waals surface area contributed by atoms with Gasteiger partial charge >= 0.3 is 0 Å². The number of hydrogen-bond donors (Lipinski definition) is 1. The van der Waals surface area contributed by atoms with Crippen molar-refractivity contribution in [1.29, 1.82) is 0 Å². The molecule has 50 heavy (non-hydrogen) atoms. The molecule has 0 spiro atoms. The van der Waals surface area contributed by atoms with E-state index in [1.165, 1.54) is 0 Å². The highest BCUT2D eigenvalue weighted by Gasteiger charge is 2.53. The van der Waals surface area contributed by atoms with Crippen molar-refractivity contribution in [3.8, 4) is 0 Å². The lowest BCUT2D eigenvalue weighted by Gasteiger charge is -2.53. The smallest absolute Gasteiger partial charge is 0.192 e. The molecule has 1 N–H and O–H groups in total. The molecule has 4 fully saturated rings. The van der Waals surface area contributed by atoms with Crippen LogP contribution < -0.4 is 0 Å². The fraction of sp³-hybridized carbons (Fsp3) is 0.900. The lowest BCUT2D eigenvalue weighted by molar-refractivity contribution is -0.209. The highest BCUT2D eigenvalue weighted by Crippen LogP contribution is 2.47. The van der Waals surface area contributed by atoms with Gasteiger partial charge in [-0.3, -0.25) is 0 Å². The lowest BCUT2D eigenvalue weighted by Crippen LogP contribution is -2.62. The molecule has 0 bridgehead atoms. The van der Waals surface area contributed by atoms with E-state index >= 15 is 0 Å². The summed E-state index contributed by atoms with van der Waals surface area (Å²) in [7, 11) is -4.38. The Morgan fingerprint density at radius 1 is 0.780 bits per heavy atom. The van der Waals surface area contributed by atoms with E-state index in [9.17, 15) is 5.11 Å². The average Bonchev–Trinajstić information content (AvgIpc) is 3.52. The van der Waals surface area contributed by atoms with Gasteiger partial charge in [0.25, 0.3) is 0 Å². The first-order valence-corrected chi connectivity index (χ1v) is 25.3. The van der Waals surface area contributed by atoms with Crippen LogP contribution >= 0.6 is 0 Å². The first kappa shape index (κ1) is 42.3. The summed E-state index contributed by atoms with van der Waals surface area (Å²) >= 11 is 0. The molecule has 0 aromatic carbocycles. The standard InChI is InChI=1S/C40H74O8Si2/c1-25-19-29(17-18-32-26(2)20-30(23-41)44-32)43-33(27(25)3)22-35-37(48-50(15,16)39(8,9)10)28(4)36(47-49(13,14)38(5,6)7)34(45-35)21-31-24-42-40(11,12)46-31/h25,28-37,41H,2-3,17-24H2,1,4-16H3/t25-,28+,29+,30-,31-,32+,33-,34+,35+,36+,37-/m1/s1. The molecule has 0 unspecified atom stereocenters. The van der Waals surface area contributed by atoms with Gasteiger partial charge in [-0.1, -0.05) is 68.5 Å². The molecular weight excluding hydrogens is 665 g/mol. The van der Waals surface area contributed by atoms with Crippen molar-refractivity contribution in [3.05, 3.63) is 24.3 Å². The van der Waals surface area contributed by atoms with Crippen LogP contribution in [-0.2, 0) is 32.5 Å². The minimum atomic E-state index is -2.20. The van der Waals surface area contributed by atoms with Crippen LogP contribution in [0.4, 0.5) is 0 Å². The molecule has 0 aromatic rings. The third-order valence-electron chi connectivity index (χ3n) is 12.9. The van der Waals surface area contributed by atoms with Gasteiger partial charge in [0.2, 0.25) is 0 Å². The van der Waals surface area contributed by atoms with E-state index in [0.717, 1.165) is 36.8 Å². The second-order valence-electron chi connectivity index (χ2n) is 19.5. The second kappa shape index (κ2) is 15.8. The van der Waals surface area contributed by atoms with Crippen molar-refractivity contribution in [2.45, 2.75) is 205 Å². The Morgan fingerprint density at radius 3 is 1.80 bits per heavy atom. The predicted molar refractivity (Wildman–Crippen MR) is 206 cm³/mol. The fourth-order valence-electron chi connectivity index (χ4n) is 7.52. The third-order valence-corrected chi connectivity index (χ3v) is 21.8. The van der Waals surface area contributed by atoms with Gasteiger partial charge < -0.3 is 37.6 Å². The minimum absolute atomic E-state index is 0.0233. The quantitative estimate of drug-likeness (QED) is 0.157. The van der Waals surface area contributed by atoms with E-state index in [4.69, 9.17) is 32.5 Å². The summed E-state index contributed by atoms with van der Waals surface area (Å²) in [6, 6.07) is 0. The van der Waals surface area contributed by atoms with Crippen LogP contribution in [0.1, 0.15) is 108 Å². The van der Waals surface area contributed by atoms with Crippen LogP contribution in [0, 0.1) is 11.8 Å².